The number of halogens is 5. The fourth-order valence-corrected chi connectivity index (χ4v) is 2.92. The lowest BCUT2D eigenvalue weighted by molar-refractivity contribution is -0.192. The number of amidine groups is 1. The Morgan fingerprint density at radius 3 is 2.37 bits per heavy atom. The van der Waals surface area contributed by atoms with Crippen molar-refractivity contribution in [1.29, 1.82) is 0 Å². The van der Waals surface area contributed by atoms with Gasteiger partial charge in [-0.1, -0.05) is 53.5 Å². The molecule has 0 bridgehead atoms. The van der Waals surface area contributed by atoms with Gasteiger partial charge in [-0.05, 0) is 18.2 Å². The second kappa shape index (κ2) is 6.86. The van der Waals surface area contributed by atoms with Crippen LogP contribution in [0.2, 0.25) is 10.0 Å². The Kier molecular flexibility index (Phi) is 4.88. The van der Waals surface area contributed by atoms with Crippen molar-refractivity contribution in [3.8, 4) is 0 Å². The topological polar surface area (TPSA) is 70.6 Å². The third-order valence-corrected chi connectivity index (χ3v) is 4.32. The summed E-state index contributed by atoms with van der Waals surface area (Å²) in [5.74, 6) is -3.05. The Balaban J connectivity index is 2.03. The lowest BCUT2D eigenvalue weighted by Crippen LogP contribution is -2.63. The molecule has 3 rings (SSSR count). The SMILES string of the molecule is O=C(N[C@]1(C(F)(F)F)N=C(c2ccccc2)NC1=O)c1ccc(Cl)cc1Cl. The molecule has 2 amide bonds. The van der Waals surface area contributed by atoms with Crippen molar-refractivity contribution in [2.45, 2.75) is 11.8 Å². The summed E-state index contributed by atoms with van der Waals surface area (Å²) in [6.45, 7) is 0. The Morgan fingerprint density at radius 1 is 1.11 bits per heavy atom. The van der Waals surface area contributed by atoms with Gasteiger partial charge in [-0.3, -0.25) is 9.59 Å². The zero-order valence-electron chi connectivity index (χ0n) is 13.3. The van der Waals surface area contributed by atoms with E-state index < -0.39 is 23.7 Å². The predicted molar refractivity (Wildman–Crippen MR) is 93.8 cm³/mol. The van der Waals surface area contributed by atoms with Crippen LogP contribution >= 0.6 is 23.2 Å². The number of aliphatic imine (C=N–C) groups is 1. The molecule has 27 heavy (non-hydrogen) atoms. The van der Waals surface area contributed by atoms with E-state index in [1.54, 1.807) is 23.5 Å². The van der Waals surface area contributed by atoms with Crippen LogP contribution in [0, 0.1) is 0 Å². The van der Waals surface area contributed by atoms with Gasteiger partial charge in [0, 0.05) is 10.6 Å². The zero-order valence-corrected chi connectivity index (χ0v) is 14.8. The first-order valence-corrected chi connectivity index (χ1v) is 8.21. The molecule has 2 N–H and O–H groups in total. The van der Waals surface area contributed by atoms with Gasteiger partial charge in [0.1, 0.15) is 5.84 Å². The molecule has 0 saturated heterocycles. The number of nitrogens with zero attached hydrogens (tertiary/aromatic N) is 1. The van der Waals surface area contributed by atoms with Crippen LogP contribution in [0.4, 0.5) is 13.2 Å². The van der Waals surface area contributed by atoms with Gasteiger partial charge in [-0.2, -0.15) is 13.2 Å². The van der Waals surface area contributed by atoms with E-state index >= 15 is 0 Å². The lowest BCUT2D eigenvalue weighted by Gasteiger charge is -2.27. The molecule has 1 aliphatic heterocycles. The molecular weight excluding hydrogens is 406 g/mol. The largest absolute Gasteiger partial charge is 0.442 e. The van der Waals surface area contributed by atoms with Gasteiger partial charge in [0.2, 0.25) is 0 Å². The van der Waals surface area contributed by atoms with Crippen molar-refractivity contribution in [3.63, 3.8) is 0 Å². The summed E-state index contributed by atoms with van der Waals surface area (Å²) in [5.41, 5.74) is -3.49. The van der Waals surface area contributed by atoms with E-state index in [4.69, 9.17) is 23.2 Å². The zero-order chi connectivity index (χ0) is 19.8. The van der Waals surface area contributed by atoms with Crippen LogP contribution in [-0.4, -0.2) is 29.5 Å². The summed E-state index contributed by atoms with van der Waals surface area (Å²) in [5, 5.41) is 3.77. The fourth-order valence-electron chi connectivity index (χ4n) is 2.43. The number of carbonyl (C=O) groups is 2. The number of rotatable bonds is 3. The van der Waals surface area contributed by atoms with Gasteiger partial charge in [-0.15, -0.1) is 0 Å². The van der Waals surface area contributed by atoms with E-state index in [9.17, 15) is 22.8 Å². The third-order valence-electron chi connectivity index (χ3n) is 3.77. The van der Waals surface area contributed by atoms with Crippen LogP contribution in [0.25, 0.3) is 0 Å². The van der Waals surface area contributed by atoms with E-state index in [0.29, 0.717) is 0 Å². The van der Waals surface area contributed by atoms with Crippen molar-refractivity contribution in [3.05, 3.63) is 69.7 Å². The number of alkyl halides is 3. The average molecular weight is 416 g/mol. The third kappa shape index (κ3) is 3.50. The highest BCUT2D eigenvalue weighted by atomic mass is 35.5. The first-order chi connectivity index (χ1) is 12.6. The lowest BCUT2D eigenvalue weighted by atomic mass is 10.1. The normalized spacial score (nSPS) is 19.4. The molecule has 0 unspecified atom stereocenters. The Bertz CT molecular complexity index is 948. The summed E-state index contributed by atoms with van der Waals surface area (Å²) in [6.07, 6.45) is -5.19. The molecule has 2 aromatic rings. The van der Waals surface area contributed by atoms with E-state index in [1.807, 2.05) is 0 Å². The number of amides is 2. The maximum Gasteiger partial charge on any atom is 0.442 e. The summed E-state index contributed by atoms with van der Waals surface area (Å²) >= 11 is 11.6. The van der Waals surface area contributed by atoms with Gasteiger partial charge in [0.25, 0.3) is 11.8 Å². The van der Waals surface area contributed by atoms with Gasteiger partial charge < -0.3 is 10.6 Å². The predicted octanol–water partition coefficient (Wildman–Crippen LogP) is 3.56. The minimum Gasteiger partial charge on any atom is -0.312 e. The van der Waals surface area contributed by atoms with E-state index in [1.165, 1.54) is 24.3 Å². The molecule has 10 heteroatoms. The molecule has 0 saturated carbocycles. The highest BCUT2D eigenvalue weighted by Crippen LogP contribution is 2.36. The number of nitrogens with one attached hydrogen (secondary N) is 2. The molecule has 0 aliphatic carbocycles. The van der Waals surface area contributed by atoms with Crippen molar-refractivity contribution in [2.24, 2.45) is 4.99 Å². The van der Waals surface area contributed by atoms with Gasteiger partial charge in [0.15, 0.2) is 0 Å². The minimum absolute atomic E-state index is 0.164. The van der Waals surface area contributed by atoms with Gasteiger partial charge >= 0.3 is 11.8 Å². The Morgan fingerprint density at radius 2 is 1.78 bits per heavy atom. The van der Waals surface area contributed by atoms with Crippen molar-refractivity contribution >= 4 is 40.9 Å². The second-order valence-corrected chi connectivity index (χ2v) is 6.41. The first-order valence-electron chi connectivity index (χ1n) is 7.45. The summed E-state index contributed by atoms with van der Waals surface area (Å²) in [7, 11) is 0. The van der Waals surface area contributed by atoms with Crippen LogP contribution in [-0.2, 0) is 4.79 Å². The quantitative estimate of drug-likeness (QED) is 0.804. The van der Waals surface area contributed by atoms with Gasteiger partial charge in [-0.25, -0.2) is 4.99 Å². The number of hydrogen-bond acceptors (Lipinski definition) is 3. The molecule has 0 fully saturated rings. The number of benzene rings is 2. The molecular formula is C17H10Cl2F3N3O2. The monoisotopic (exact) mass is 415 g/mol. The highest BCUT2D eigenvalue weighted by Gasteiger charge is 2.65. The van der Waals surface area contributed by atoms with Crippen molar-refractivity contribution in [1.82, 2.24) is 10.6 Å². The fraction of sp³-hybridized carbons (Fsp3) is 0.118. The van der Waals surface area contributed by atoms with Crippen molar-refractivity contribution < 1.29 is 22.8 Å². The van der Waals surface area contributed by atoms with Crippen LogP contribution in [0.3, 0.4) is 0 Å². The molecule has 1 heterocycles. The van der Waals surface area contributed by atoms with Crippen LogP contribution < -0.4 is 10.6 Å². The number of carbonyl (C=O) groups excluding carboxylic acids is 2. The smallest absolute Gasteiger partial charge is 0.312 e. The molecule has 0 radical (unpaired) electrons. The Labute approximate surface area is 161 Å². The second-order valence-electron chi connectivity index (χ2n) is 5.57. The first kappa shape index (κ1) is 19.2. The molecule has 2 aromatic carbocycles. The molecule has 1 aliphatic rings. The average Bonchev–Trinajstić information content (AvgIpc) is 2.93. The van der Waals surface area contributed by atoms with Gasteiger partial charge in [0.05, 0.1) is 10.6 Å². The van der Waals surface area contributed by atoms with E-state index in [2.05, 4.69) is 10.3 Å². The summed E-state index contributed by atoms with van der Waals surface area (Å²) < 4.78 is 41.3. The highest BCUT2D eigenvalue weighted by molar-refractivity contribution is 6.36. The maximum atomic E-state index is 13.8. The summed E-state index contributed by atoms with van der Waals surface area (Å²) in [4.78, 5) is 28.1. The Hall–Kier alpha value is -2.58. The van der Waals surface area contributed by atoms with Crippen molar-refractivity contribution in [2.75, 3.05) is 0 Å². The minimum atomic E-state index is -5.19. The van der Waals surface area contributed by atoms with Crippen LogP contribution in [0.15, 0.2) is 53.5 Å². The molecule has 5 nitrogen and oxygen atoms in total. The molecule has 1 atom stereocenters. The molecule has 140 valence electrons. The molecule has 0 aromatic heterocycles. The van der Waals surface area contributed by atoms with Crippen LogP contribution in [0.5, 0.6) is 0 Å². The van der Waals surface area contributed by atoms with Crippen LogP contribution in [0.1, 0.15) is 15.9 Å². The standard InChI is InChI=1S/C17H10Cl2F3N3O2/c18-10-6-7-11(12(19)8-10)14(26)25-16(17(20,21)22)15(27)23-13(24-16)9-4-2-1-3-5-9/h1-8H,(H,25,26)(H,23,24,27)/t16-/m1/s1. The van der Waals surface area contributed by atoms with E-state index in [-0.39, 0.29) is 27.0 Å². The molecule has 0 spiro atoms. The van der Waals surface area contributed by atoms with E-state index in [0.717, 1.165) is 6.07 Å². The maximum absolute atomic E-state index is 13.8. The summed E-state index contributed by atoms with van der Waals surface area (Å²) in [6, 6.07) is 11.4. The number of hydrogen-bond donors (Lipinski definition) is 2.